The highest BCUT2D eigenvalue weighted by atomic mass is 16.7. The maximum Gasteiger partial charge on any atom is 0.329 e. The minimum Gasteiger partial charge on any atom is -0.493 e. The molecule has 9 heteroatoms. The van der Waals surface area contributed by atoms with Gasteiger partial charge >= 0.3 is 11.8 Å². The first-order chi connectivity index (χ1) is 14.1. The van der Waals surface area contributed by atoms with Gasteiger partial charge in [-0.05, 0) is 48.4 Å². The summed E-state index contributed by atoms with van der Waals surface area (Å²) < 4.78 is 21.2. The molecule has 1 aliphatic rings. The van der Waals surface area contributed by atoms with E-state index in [9.17, 15) is 9.59 Å². The molecule has 2 amide bonds. The Balaban J connectivity index is 1.50. The molecule has 0 radical (unpaired) electrons. The normalized spacial score (nSPS) is 11.9. The van der Waals surface area contributed by atoms with Gasteiger partial charge in [0.25, 0.3) is 0 Å². The molecular weight excluding hydrogens is 378 g/mol. The van der Waals surface area contributed by atoms with Crippen LogP contribution in [-0.4, -0.2) is 38.5 Å². The fourth-order valence-electron chi connectivity index (χ4n) is 2.57. The molecule has 0 atom stereocenters. The number of nitrogens with zero attached hydrogens (tertiary/aromatic N) is 1. The van der Waals surface area contributed by atoms with Gasteiger partial charge in [-0.25, -0.2) is 5.43 Å². The Morgan fingerprint density at radius 3 is 2.72 bits per heavy atom. The number of amides is 2. The first-order valence-electron chi connectivity index (χ1n) is 8.91. The molecule has 1 aliphatic heterocycles. The maximum absolute atomic E-state index is 11.9. The molecule has 2 N–H and O–H groups in total. The zero-order valence-corrected chi connectivity index (χ0v) is 16.1. The molecule has 0 fully saturated rings. The number of nitrogens with one attached hydrogen (secondary N) is 2. The molecule has 0 bridgehead atoms. The smallest absolute Gasteiger partial charge is 0.329 e. The Morgan fingerprint density at radius 2 is 1.93 bits per heavy atom. The average molecular weight is 399 g/mol. The van der Waals surface area contributed by atoms with E-state index >= 15 is 0 Å². The topological polar surface area (TPSA) is 107 Å². The lowest BCUT2D eigenvalue weighted by Gasteiger charge is -2.09. The van der Waals surface area contributed by atoms with E-state index < -0.39 is 11.8 Å². The molecule has 0 aromatic heterocycles. The minimum atomic E-state index is -0.875. The van der Waals surface area contributed by atoms with Crippen LogP contribution >= 0.6 is 0 Å². The van der Waals surface area contributed by atoms with Crippen LogP contribution in [-0.2, 0) is 16.1 Å². The second-order valence-corrected chi connectivity index (χ2v) is 5.91. The zero-order chi connectivity index (χ0) is 20.6. The van der Waals surface area contributed by atoms with Crippen LogP contribution in [0, 0.1) is 0 Å². The van der Waals surface area contributed by atoms with Gasteiger partial charge in [0.1, 0.15) is 0 Å². The number of hydrogen-bond donors (Lipinski definition) is 2. The largest absolute Gasteiger partial charge is 0.493 e. The van der Waals surface area contributed by atoms with Crippen molar-refractivity contribution in [2.75, 3.05) is 20.5 Å². The number of hydrogen-bond acceptors (Lipinski definition) is 7. The molecule has 0 spiro atoms. The van der Waals surface area contributed by atoms with E-state index in [-0.39, 0.29) is 13.3 Å². The highest BCUT2D eigenvalue weighted by molar-refractivity contribution is 6.35. The van der Waals surface area contributed by atoms with Crippen LogP contribution in [0.5, 0.6) is 23.0 Å². The van der Waals surface area contributed by atoms with Crippen molar-refractivity contribution >= 4 is 18.0 Å². The second-order valence-electron chi connectivity index (χ2n) is 5.91. The van der Waals surface area contributed by atoms with E-state index in [1.165, 1.54) is 6.21 Å². The van der Waals surface area contributed by atoms with Crippen molar-refractivity contribution in [3.8, 4) is 23.0 Å². The van der Waals surface area contributed by atoms with Crippen LogP contribution in [0.1, 0.15) is 18.1 Å². The lowest BCUT2D eigenvalue weighted by Crippen LogP contribution is -2.37. The summed E-state index contributed by atoms with van der Waals surface area (Å²) in [6.07, 6.45) is 1.41. The highest BCUT2D eigenvalue weighted by Gasteiger charge is 2.15. The van der Waals surface area contributed by atoms with E-state index in [4.69, 9.17) is 18.9 Å². The fourth-order valence-corrected chi connectivity index (χ4v) is 2.57. The first-order valence-corrected chi connectivity index (χ1v) is 8.91. The third-order valence-electron chi connectivity index (χ3n) is 3.96. The Hall–Kier alpha value is -3.75. The van der Waals surface area contributed by atoms with Crippen molar-refractivity contribution in [1.29, 1.82) is 0 Å². The van der Waals surface area contributed by atoms with Crippen LogP contribution in [0.25, 0.3) is 0 Å². The maximum atomic E-state index is 11.9. The van der Waals surface area contributed by atoms with Gasteiger partial charge in [-0.2, -0.15) is 5.10 Å². The Kier molecular flexibility index (Phi) is 6.51. The number of hydrazone groups is 1. The van der Waals surface area contributed by atoms with Crippen molar-refractivity contribution in [1.82, 2.24) is 10.7 Å². The van der Waals surface area contributed by atoms with Gasteiger partial charge in [0.15, 0.2) is 23.0 Å². The average Bonchev–Trinajstić information content (AvgIpc) is 3.20. The van der Waals surface area contributed by atoms with Gasteiger partial charge in [-0.1, -0.05) is 6.07 Å². The molecule has 9 nitrogen and oxygen atoms in total. The molecule has 0 aliphatic carbocycles. The summed E-state index contributed by atoms with van der Waals surface area (Å²) in [4.78, 5) is 23.8. The molecule has 0 unspecified atom stereocenters. The quantitative estimate of drug-likeness (QED) is 0.416. The fraction of sp³-hybridized carbons (Fsp3) is 0.250. The second kappa shape index (κ2) is 9.45. The van der Waals surface area contributed by atoms with E-state index in [2.05, 4.69) is 15.8 Å². The number of carbonyl (C=O) groups is 2. The third-order valence-corrected chi connectivity index (χ3v) is 3.96. The Morgan fingerprint density at radius 1 is 1.10 bits per heavy atom. The minimum absolute atomic E-state index is 0.169. The Bertz CT molecular complexity index is 928. The predicted molar refractivity (Wildman–Crippen MR) is 104 cm³/mol. The number of methoxy groups -OCH3 is 1. The van der Waals surface area contributed by atoms with Crippen LogP contribution in [0.4, 0.5) is 0 Å². The van der Waals surface area contributed by atoms with Crippen molar-refractivity contribution in [2.45, 2.75) is 13.5 Å². The summed E-state index contributed by atoms with van der Waals surface area (Å²) in [5, 5.41) is 6.33. The van der Waals surface area contributed by atoms with Gasteiger partial charge in [0.05, 0.1) is 19.9 Å². The lowest BCUT2D eigenvalue weighted by molar-refractivity contribution is -0.139. The predicted octanol–water partition coefficient (Wildman–Crippen LogP) is 1.59. The van der Waals surface area contributed by atoms with Crippen molar-refractivity contribution in [3.05, 3.63) is 47.5 Å². The SMILES string of the molecule is CCOc1cc(/C=N\NC(=O)C(=O)NCc2ccc3c(c2)OCO3)ccc1OC. The molecule has 2 aromatic rings. The van der Waals surface area contributed by atoms with Gasteiger partial charge in [-0.3, -0.25) is 9.59 Å². The van der Waals surface area contributed by atoms with Crippen LogP contribution in [0.3, 0.4) is 0 Å². The third kappa shape index (κ3) is 5.16. The molecule has 29 heavy (non-hydrogen) atoms. The number of ether oxygens (including phenoxy) is 4. The Labute approximate surface area is 167 Å². The molecular formula is C20H21N3O6. The molecule has 3 rings (SSSR count). The monoisotopic (exact) mass is 399 g/mol. The van der Waals surface area contributed by atoms with Gasteiger partial charge in [-0.15, -0.1) is 0 Å². The number of benzene rings is 2. The van der Waals surface area contributed by atoms with Gasteiger partial charge in [0.2, 0.25) is 6.79 Å². The van der Waals surface area contributed by atoms with E-state index in [1.54, 1.807) is 43.5 Å². The van der Waals surface area contributed by atoms with E-state index in [0.717, 1.165) is 5.56 Å². The molecule has 1 heterocycles. The molecule has 2 aromatic carbocycles. The molecule has 0 saturated heterocycles. The number of rotatable bonds is 7. The summed E-state index contributed by atoms with van der Waals surface area (Å²) in [5.74, 6) is 0.739. The number of fused-ring (bicyclic) bond motifs is 1. The summed E-state index contributed by atoms with van der Waals surface area (Å²) in [5.41, 5.74) is 3.65. The molecule has 152 valence electrons. The first kappa shape index (κ1) is 20.0. The number of carbonyl (C=O) groups excluding carboxylic acids is 2. The van der Waals surface area contributed by atoms with Gasteiger partial charge in [0, 0.05) is 6.54 Å². The summed E-state index contributed by atoms with van der Waals surface area (Å²) >= 11 is 0. The van der Waals surface area contributed by atoms with Crippen molar-refractivity contribution in [2.24, 2.45) is 5.10 Å². The van der Waals surface area contributed by atoms with Crippen molar-refractivity contribution < 1.29 is 28.5 Å². The molecule has 0 saturated carbocycles. The van der Waals surface area contributed by atoms with E-state index in [1.807, 2.05) is 6.92 Å². The zero-order valence-electron chi connectivity index (χ0n) is 16.1. The standard InChI is InChI=1S/C20H21N3O6/c1-3-27-17-9-14(4-6-15(17)26-2)11-22-23-20(25)19(24)21-10-13-5-7-16-18(8-13)29-12-28-16/h4-9,11H,3,10,12H2,1-2H3,(H,21,24)(H,23,25)/b22-11-. The summed E-state index contributed by atoms with van der Waals surface area (Å²) in [6.45, 7) is 2.69. The summed E-state index contributed by atoms with van der Waals surface area (Å²) in [7, 11) is 1.55. The van der Waals surface area contributed by atoms with Crippen LogP contribution < -0.4 is 29.7 Å². The van der Waals surface area contributed by atoms with E-state index in [0.29, 0.717) is 35.2 Å². The van der Waals surface area contributed by atoms with Crippen molar-refractivity contribution in [3.63, 3.8) is 0 Å². The highest BCUT2D eigenvalue weighted by Crippen LogP contribution is 2.32. The van der Waals surface area contributed by atoms with Gasteiger partial charge < -0.3 is 24.3 Å². The van der Waals surface area contributed by atoms with Crippen LogP contribution in [0.15, 0.2) is 41.5 Å². The van der Waals surface area contributed by atoms with Crippen LogP contribution in [0.2, 0.25) is 0 Å². The summed E-state index contributed by atoms with van der Waals surface area (Å²) in [6, 6.07) is 10.5. The lowest BCUT2D eigenvalue weighted by atomic mass is 10.2.